The highest BCUT2D eigenvalue weighted by atomic mass is 16.5. The van der Waals surface area contributed by atoms with Gasteiger partial charge in [0.2, 0.25) is 0 Å². The van der Waals surface area contributed by atoms with Gasteiger partial charge in [-0.25, -0.2) is 4.99 Å². The fourth-order valence-electron chi connectivity index (χ4n) is 4.17. The molecule has 162 valence electrons. The predicted octanol–water partition coefficient (Wildman–Crippen LogP) is 5.02. The highest BCUT2D eigenvalue weighted by molar-refractivity contribution is 5.82. The second-order valence-corrected chi connectivity index (χ2v) is 8.93. The minimum absolute atomic E-state index is 0.330. The van der Waals surface area contributed by atoms with Gasteiger partial charge in [-0.15, -0.1) is 0 Å². The maximum atomic E-state index is 5.48. The third-order valence-electron chi connectivity index (χ3n) is 5.88. The molecule has 0 spiro atoms. The van der Waals surface area contributed by atoms with Crippen molar-refractivity contribution in [3.63, 3.8) is 0 Å². The number of aliphatic imine (C=N–C) groups is 1. The Balaban J connectivity index is 2.22. The number of hydrogen-bond donors (Lipinski definition) is 1. The van der Waals surface area contributed by atoms with Crippen LogP contribution in [0.1, 0.15) is 60.3 Å². The summed E-state index contributed by atoms with van der Waals surface area (Å²) in [6.45, 7) is 23.3. The van der Waals surface area contributed by atoms with Crippen LogP contribution in [0.3, 0.4) is 0 Å². The molecule has 1 N–H and O–H groups in total. The van der Waals surface area contributed by atoms with Gasteiger partial charge in [0.1, 0.15) is 17.3 Å². The van der Waals surface area contributed by atoms with E-state index in [2.05, 4.69) is 62.0 Å². The fraction of sp³-hybridized carbons (Fsp3) is 0.625. The van der Waals surface area contributed by atoms with Crippen LogP contribution in [0.5, 0.6) is 0 Å². The zero-order valence-electron chi connectivity index (χ0n) is 19.4. The molecule has 2 saturated heterocycles. The summed E-state index contributed by atoms with van der Waals surface area (Å²) in [5, 5.41) is 3.38. The van der Waals surface area contributed by atoms with Crippen molar-refractivity contribution in [1.82, 2.24) is 15.1 Å². The van der Waals surface area contributed by atoms with Gasteiger partial charge in [-0.2, -0.15) is 0 Å². The van der Waals surface area contributed by atoms with Crippen molar-refractivity contribution >= 4 is 5.84 Å². The molecule has 5 heteroatoms. The van der Waals surface area contributed by atoms with Crippen molar-refractivity contribution in [1.29, 1.82) is 0 Å². The molecule has 5 nitrogen and oxygen atoms in total. The first-order valence-corrected chi connectivity index (χ1v) is 10.8. The summed E-state index contributed by atoms with van der Waals surface area (Å²) in [6, 6.07) is 0. The van der Waals surface area contributed by atoms with Gasteiger partial charge in [0.15, 0.2) is 0 Å². The summed E-state index contributed by atoms with van der Waals surface area (Å²) in [5.74, 6) is 2.27. The van der Waals surface area contributed by atoms with Gasteiger partial charge in [0.25, 0.3) is 0 Å². The number of nitrogens with zero attached hydrogens (tertiary/aromatic N) is 3. The number of allylic oxidation sites excluding steroid dienone is 2. The van der Waals surface area contributed by atoms with E-state index in [0.29, 0.717) is 11.2 Å². The second-order valence-electron chi connectivity index (χ2n) is 8.93. The number of ether oxygens (including phenoxy) is 1. The van der Waals surface area contributed by atoms with E-state index in [4.69, 9.17) is 9.73 Å². The van der Waals surface area contributed by atoms with Crippen LogP contribution >= 0.6 is 0 Å². The molecule has 2 fully saturated rings. The van der Waals surface area contributed by atoms with Crippen LogP contribution in [0, 0.1) is 5.41 Å². The van der Waals surface area contributed by atoms with Crippen LogP contribution in [0.2, 0.25) is 0 Å². The summed E-state index contributed by atoms with van der Waals surface area (Å²) in [5.41, 5.74) is 3.42. The van der Waals surface area contributed by atoms with E-state index in [-0.39, 0.29) is 0 Å². The lowest BCUT2D eigenvalue weighted by molar-refractivity contribution is 0.285. The molecular formula is C24H40N4O. The van der Waals surface area contributed by atoms with Gasteiger partial charge in [-0.3, -0.25) is 0 Å². The number of amidine groups is 1. The summed E-state index contributed by atoms with van der Waals surface area (Å²) in [6.07, 6.45) is 7.13. The van der Waals surface area contributed by atoms with Crippen LogP contribution in [-0.2, 0) is 4.74 Å². The van der Waals surface area contributed by atoms with Crippen LogP contribution in [-0.4, -0.2) is 48.9 Å². The fourth-order valence-corrected chi connectivity index (χ4v) is 4.17. The molecule has 0 unspecified atom stereocenters. The number of nitrogens with one attached hydrogen (secondary N) is 1. The first kappa shape index (κ1) is 23.1. The Kier molecular flexibility index (Phi) is 8.00. The average Bonchev–Trinajstić information content (AvgIpc) is 3.06. The Morgan fingerprint density at radius 2 is 1.72 bits per heavy atom. The summed E-state index contributed by atoms with van der Waals surface area (Å²) >= 11 is 0. The van der Waals surface area contributed by atoms with E-state index in [0.717, 1.165) is 49.1 Å². The van der Waals surface area contributed by atoms with Gasteiger partial charge in [-0.05, 0) is 51.9 Å². The molecule has 0 bridgehead atoms. The van der Waals surface area contributed by atoms with Crippen LogP contribution in [0.15, 0.2) is 52.8 Å². The number of hydrogen-bond acceptors (Lipinski definition) is 4. The van der Waals surface area contributed by atoms with Gasteiger partial charge < -0.3 is 19.9 Å². The number of likely N-dealkylation sites (tertiary alicyclic amines) is 2. The molecule has 0 aliphatic carbocycles. The van der Waals surface area contributed by atoms with E-state index < -0.39 is 0 Å². The molecule has 29 heavy (non-hydrogen) atoms. The Morgan fingerprint density at radius 3 is 2.24 bits per heavy atom. The summed E-state index contributed by atoms with van der Waals surface area (Å²) in [4.78, 5) is 9.61. The van der Waals surface area contributed by atoms with Crippen LogP contribution in [0.25, 0.3) is 0 Å². The Bertz CT molecular complexity index is 708. The first-order valence-electron chi connectivity index (χ1n) is 10.8. The third-order valence-corrected chi connectivity index (χ3v) is 5.88. The van der Waals surface area contributed by atoms with Crippen molar-refractivity contribution in [2.24, 2.45) is 10.4 Å². The van der Waals surface area contributed by atoms with Crippen LogP contribution in [0.4, 0.5) is 0 Å². The first-order chi connectivity index (χ1) is 13.7. The molecule has 0 aromatic heterocycles. The topological polar surface area (TPSA) is 40.1 Å². The van der Waals surface area contributed by atoms with Crippen molar-refractivity contribution < 1.29 is 4.74 Å². The number of rotatable bonds is 7. The smallest absolute Gasteiger partial charge is 0.137 e. The maximum absolute atomic E-state index is 5.48. The quantitative estimate of drug-likeness (QED) is 0.282. The molecule has 2 rings (SSSR count). The van der Waals surface area contributed by atoms with Gasteiger partial charge >= 0.3 is 0 Å². The Morgan fingerprint density at radius 1 is 1.07 bits per heavy atom. The molecule has 0 aromatic rings. The highest BCUT2D eigenvalue weighted by Gasteiger charge is 2.29. The Hall–Kier alpha value is -2.17. The van der Waals surface area contributed by atoms with Crippen molar-refractivity contribution in [2.45, 2.75) is 60.3 Å². The van der Waals surface area contributed by atoms with Gasteiger partial charge in [0, 0.05) is 37.4 Å². The molecule has 2 aliphatic rings. The molecular weight excluding hydrogens is 360 g/mol. The summed E-state index contributed by atoms with van der Waals surface area (Å²) < 4.78 is 5.48. The highest BCUT2D eigenvalue weighted by Crippen LogP contribution is 2.30. The van der Waals surface area contributed by atoms with E-state index in [1.807, 2.05) is 6.92 Å². The maximum Gasteiger partial charge on any atom is 0.137 e. The van der Waals surface area contributed by atoms with Crippen molar-refractivity contribution in [3.05, 3.63) is 47.8 Å². The van der Waals surface area contributed by atoms with E-state index in [1.165, 1.54) is 31.4 Å². The minimum atomic E-state index is 0.330. The van der Waals surface area contributed by atoms with E-state index in [9.17, 15) is 0 Å². The zero-order chi connectivity index (χ0) is 21.6. The molecule has 0 atom stereocenters. The lowest BCUT2D eigenvalue weighted by Gasteiger charge is -2.32. The third kappa shape index (κ3) is 6.15. The molecule has 0 saturated carbocycles. The molecule has 0 amide bonds. The zero-order valence-corrected chi connectivity index (χ0v) is 19.4. The Labute approximate surface area is 177 Å². The predicted molar refractivity (Wildman–Crippen MR) is 123 cm³/mol. The second kappa shape index (κ2) is 10.0. The molecule has 2 aliphatic heterocycles. The minimum Gasteiger partial charge on any atom is -0.495 e. The molecule has 0 aromatic carbocycles. The van der Waals surface area contributed by atoms with Gasteiger partial charge in [0.05, 0.1) is 12.9 Å². The average molecular weight is 401 g/mol. The van der Waals surface area contributed by atoms with Crippen molar-refractivity contribution in [3.8, 4) is 0 Å². The number of piperidine rings is 1. The molecule has 2 heterocycles. The summed E-state index contributed by atoms with van der Waals surface area (Å²) in [7, 11) is 1.65. The molecule has 0 radical (unpaired) electrons. The van der Waals surface area contributed by atoms with Gasteiger partial charge in [-0.1, -0.05) is 33.1 Å². The van der Waals surface area contributed by atoms with Crippen LogP contribution < -0.4 is 5.32 Å². The van der Waals surface area contributed by atoms with E-state index in [1.54, 1.807) is 7.11 Å². The number of methoxy groups -OCH3 is 1. The lowest BCUT2D eigenvalue weighted by atomic mass is 9.93. The van der Waals surface area contributed by atoms with Crippen molar-refractivity contribution in [2.75, 3.05) is 33.3 Å². The standard InChI is InChI=1S/C24H40N4O/c1-9-22(27-14-11-10-12-15-27)18(2)23(19(3)29-8)26-20(4)25-21(5)28-16-13-24(6,7)17-28/h9H,3,5,10-17H2,1-2,4,6-8H3,(H,25,26)/b22-9+,23-18+. The van der Waals surface area contributed by atoms with E-state index >= 15 is 0 Å². The normalized spacial score (nSPS) is 21.0. The SMILES string of the molecule is C=C(OC)C(/N=C(\C)NC(=C)N1CCC(C)(C)C1)=C(C)\C(=C/C)N1CCCCC1. The lowest BCUT2D eigenvalue weighted by Crippen LogP contribution is -2.33. The monoisotopic (exact) mass is 400 g/mol. The largest absolute Gasteiger partial charge is 0.495 e.